The normalized spacial score (nSPS) is 20.0. The minimum atomic E-state index is -2.02. The smallest absolute Gasteiger partial charge is 0.338 e. The zero-order chi connectivity index (χ0) is 28.6. The number of hydrogen-bond acceptors (Lipinski definition) is 9. The molecule has 0 radical (unpaired) electrons. The molecular weight excluding hydrogens is 587 g/mol. The first-order valence-corrected chi connectivity index (χ1v) is 12.9. The van der Waals surface area contributed by atoms with Crippen LogP contribution >= 0.6 is 15.9 Å². The third kappa shape index (κ3) is 5.88. The van der Waals surface area contributed by atoms with Gasteiger partial charge in [-0.15, -0.1) is 0 Å². The van der Waals surface area contributed by atoms with Crippen LogP contribution in [0.5, 0.6) is 0 Å². The molecule has 204 valence electrons. The van der Waals surface area contributed by atoms with Crippen molar-refractivity contribution in [3.05, 3.63) is 87.5 Å². The Morgan fingerprint density at radius 3 is 2.23 bits per heavy atom. The fourth-order valence-electron chi connectivity index (χ4n) is 4.04. The Labute approximate surface area is 237 Å². The molecule has 12 heteroatoms. The Kier molecular flexibility index (Phi) is 9.27. The van der Waals surface area contributed by atoms with E-state index in [-0.39, 0.29) is 39.3 Å². The number of esters is 2. The van der Waals surface area contributed by atoms with Crippen LogP contribution in [0, 0.1) is 22.7 Å². The molecule has 0 unspecified atom stereocenters. The maximum absolute atomic E-state index is 16.2. The first kappa shape index (κ1) is 28.5. The molecule has 4 atom stereocenters. The van der Waals surface area contributed by atoms with Crippen molar-refractivity contribution in [2.75, 3.05) is 13.2 Å². The maximum Gasteiger partial charge on any atom is 0.338 e. The van der Waals surface area contributed by atoms with E-state index in [9.17, 15) is 20.1 Å². The van der Waals surface area contributed by atoms with Crippen molar-refractivity contribution in [1.29, 1.82) is 10.5 Å². The number of carbonyl (C=O) groups excluding carboxylic acids is 2. The molecule has 1 aromatic heterocycles. The summed E-state index contributed by atoms with van der Waals surface area (Å²) in [5, 5.41) is 19.4. The van der Waals surface area contributed by atoms with E-state index in [1.165, 1.54) is 16.7 Å². The van der Waals surface area contributed by atoms with E-state index in [2.05, 4.69) is 20.9 Å². The fourth-order valence-corrected chi connectivity index (χ4v) is 4.69. The topological polar surface area (TPSA) is 136 Å². The van der Waals surface area contributed by atoms with Crippen LogP contribution in [0.2, 0.25) is 0 Å². The van der Waals surface area contributed by atoms with Gasteiger partial charge in [0, 0.05) is 0 Å². The number of rotatable bonds is 9. The molecule has 0 amide bonds. The minimum Gasteiger partial charge on any atom is -0.483 e. The van der Waals surface area contributed by atoms with Gasteiger partial charge in [-0.25, -0.2) is 19.0 Å². The molecule has 1 saturated heterocycles. The van der Waals surface area contributed by atoms with Crippen LogP contribution in [0.15, 0.2) is 70.3 Å². The Morgan fingerprint density at radius 2 is 1.65 bits per heavy atom. The molecule has 10 nitrogen and oxygen atoms in total. The molecule has 1 aliphatic rings. The van der Waals surface area contributed by atoms with Crippen molar-refractivity contribution in [2.24, 2.45) is 4.99 Å². The summed E-state index contributed by atoms with van der Waals surface area (Å²) in [6.45, 7) is 1.54. The van der Waals surface area contributed by atoms with Crippen LogP contribution in [0.4, 0.5) is 10.2 Å². The number of carbonyl (C=O) groups is 2. The zero-order valence-corrected chi connectivity index (χ0v) is 22.7. The van der Waals surface area contributed by atoms with Crippen LogP contribution in [-0.2, 0) is 18.9 Å². The van der Waals surface area contributed by atoms with Gasteiger partial charge in [-0.1, -0.05) is 36.4 Å². The molecule has 0 aliphatic carbocycles. The van der Waals surface area contributed by atoms with Gasteiger partial charge in [0.2, 0.25) is 0 Å². The number of nitrogens with zero attached hydrogens (tertiary/aromatic N) is 4. The lowest BCUT2D eigenvalue weighted by Crippen LogP contribution is -2.37. The first-order valence-electron chi connectivity index (χ1n) is 12.1. The van der Waals surface area contributed by atoms with Crippen molar-refractivity contribution >= 4 is 40.1 Å². The third-order valence-corrected chi connectivity index (χ3v) is 6.70. The molecule has 3 aromatic rings. The number of halogens is 2. The summed E-state index contributed by atoms with van der Waals surface area (Å²) in [5.41, 5.74) is 0.210. The summed E-state index contributed by atoms with van der Waals surface area (Å²) in [6, 6.07) is 20.0. The molecule has 2 aromatic carbocycles. The third-order valence-electron chi connectivity index (χ3n) is 5.92. The summed E-state index contributed by atoms with van der Waals surface area (Å²) in [7, 11) is 0. The zero-order valence-electron chi connectivity index (χ0n) is 21.1. The van der Waals surface area contributed by atoms with E-state index >= 15 is 4.39 Å². The van der Waals surface area contributed by atoms with Gasteiger partial charge in [0.1, 0.15) is 40.6 Å². The van der Waals surface area contributed by atoms with Crippen LogP contribution < -0.4 is 0 Å². The van der Waals surface area contributed by atoms with E-state index in [4.69, 9.17) is 18.9 Å². The average molecular weight is 609 g/mol. The van der Waals surface area contributed by atoms with E-state index < -0.39 is 43.2 Å². The lowest BCUT2D eigenvalue weighted by atomic mass is 10.1. The summed E-state index contributed by atoms with van der Waals surface area (Å²) < 4.78 is 39.4. The Bertz CT molecular complexity index is 1480. The number of nitriles is 2. The summed E-state index contributed by atoms with van der Waals surface area (Å²) in [6.07, 6.45) is -5.24. The van der Waals surface area contributed by atoms with Gasteiger partial charge < -0.3 is 18.9 Å². The molecule has 4 rings (SSSR count). The summed E-state index contributed by atoms with van der Waals surface area (Å²) in [5.74, 6) is -1.60. The van der Waals surface area contributed by atoms with Gasteiger partial charge in [0.15, 0.2) is 30.7 Å². The highest BCUT2D eigenvalue weighted by atomic mass is 79.9. The van der Waals surface area contributed by atoms with Gasteiger partial charge in [0.05, 0.1) is 17.7 Å². The van der Waals surface area contributed by atoms with E-state index in [0.717, 1.165) is 6.40 Å². The molecule has 1 aliphatic heterocycles. The lowest BCUT2D eigenvalue weighted by molar-refractivity contribution is -0.0579. The second kappa shape index (κ2) is 13.0. The molecule has 0 bridgehead atoms. The van der Waals surface area contributed by atoms with E-state index in [1.54, 1.807) is 55.5 Å². The maximum atomic E-state index is 16.2. The predicted molar refractivity (Wildman–Crippen MR) is 143 cm³/mol. The van der Waals surface area contributed by atoms with Crippen molar-refractivity contribution in [2.45, 2.75) is 31.5 Å². The van der Waals surface area contributed by atoms with Crippen LogP contribution in [0.3, 0.4) is 0 Å². The largest absolute Gasteiger partial charge is 0.483 e. The minimum absolute atomic E-state index is 0.0258. The number of alkyl halides is 1. The predicted octanol–water partition coefficient (Wildman–Crippen LogP) is 5.01. The Hall–Kier alpha value is -4.52. The molecular formula is C28H22BrFN4O6. The number of aromatic nitrogens is 1. The van der Waals surface area contributed by atoms with Crippen LogP contribution in [0.1, 0.15) is 45.0 Å². The highest BCUT2D eigenvalue weighted by Gasteiger charge is 2.51. The quantitative estimate of drug-likeness (QED) is 0.188. The Balaban J connectivity index is 1.69. The molecule has 40 heavy (non-hydrogen) atoms. The SMILES string of the molecule is CCOC=Nc1c(C#N)c(C#N)c(Br)n1[C@@H]1O[C@H](COC(=O)c2ccccc2)[C@@H](OC(=O)c2ccccc2)[C@@H]1F. The van der Waals surface area contributed by atoms with Gasteiger partial charge >= 0.3 is 11.9 Å². The second-order valence-electron chi connectivity index (χ2n) is 8.36. The highest BCUT2D eigenvalue weighted by molar-refractivity contribution is 9.10. The highest BCUT2D eigenvalue weighted by Crippen LogP contribution is 2.43. The summed E-state index contributed by atoms with van der Waals surface area (Å²) in [4.78, 5) is 29.5. The van der Waals surface area contributed by atoms with Gasteiger partial charge in [-0.2, -0.15) is 10.5 Å². The standard InChI is InChI=1S/C28H22BrFN4O6/c1-2-37-16-33-25-20(14-32)19(13-31)24(29)34(25)26-22(30)23(40-28(36)18-11-7-4-8-12-18)21(39-26)15-38-27(35)17-9-5-3-6-10-17/h3-12,16,21-23,26H,2,15H2,1H3/t21-,22+,23-,26-/m1/s1. The van der Waals surface area contributed by atoms with Crippen molar-refractivity contribution in [1.82, 2.24) is 4.57 Å². The molecule has 0 spiro atoms. The van der Waals surface area contributed by atoms with Gasteiger partial charge in [0.25, 0.3) is 0 Å². The monoisotopic (exact) mass is 608 g/mol. The second-order valence-corrected chi connectivity index (χ2v) is 9.11. The van der Waals surface area contributed by atoms with Crippen molar-refractivity contribution in [3.8, 4) is 12.1 Å². The fraction of sp³-hybridized carbons (Fsp3) is 0.250. The first-order chi connectivity index (χ1) is 19.4. The van der Waals surface area contributed by atoms with Crippen LogP contribution in [-0.4, -0.2) is 54.5 Å². The number of hydrogen-bond donors (Lipinski definition) is 0. The lowest BCUT2D eigenvalue weighted by Gasteiger charge is -2.20. The molecule has 0 saturated carbocycles. The van der Waals surface area contributed by atoms with Gasteiger partial charge in [-0.3, -0.25) is 4.57 Å². The van der Waals surface area contributed by atoms with E-state index in [1.807, 2.05) is 12.1 Å². The number of ether oxygens (including phenoxy) is 4. The van der Waals surface area contributed by atoms with Gasteiger partial charge in [-0.05, 0) is 47.1 Å². The van der Waals surface area contributed by atoms with E-state index in [0.29, 0.717) is 0 Å². The van der Waals surface area contributed by atoms with Crippen molar-refractivity contribution in [3.63, 3.8) is 0 Å². The number of aliphatic imine (C=N–C) groups is 1. The molecule has 1 fully saturated rings. The molecule has 2 heterocycles. The van der Waals surface area contributed by atoms with Crippen molar-refractivity contribution < 1.29 is 32.9 Å². The summed E-state index contributed by atoms with van der Waals surface area (Å²) >= 11 is 3.26. The van der Waals surface area contributed by atoms with Crippen LogP contribution in [0.25, 0.3) is 0 Å². The molecule has 0 N–H and O–H groups in total. The number of benzene rings is 2. The Morgan fingerprint density at radius 1 is 1.05 bits per heavy atom. The average Bonchev–Trinajstić information content (AvgIpc) is 3.43.